The van der Waals surface area contributed by atoms with Gasteiger partial charge in [-0.25, -0.2) is 9.97 Å². The van der Waals surface area contributed by atoms with E-state index < -0.39 is 0 Å². The zero-order valence-electron chi connectivity index (χ0n) is 11.3. The first-order valence-electron chi connectivity index (χ1n) is 6.76. The number of carbonyl (C=O) groups is 1. The summed E-state index contributed by atoms with van der Waals surface area (Å²) in [5.74, 6) is 2.67. The summed E-state index contributed by atoms with van der Waals surface area (Å²) in [4.78, 5) is 22.8. The first kappa shape index (κ1) is 12.2. The molecule has 1 saturated carbocycles. The predicted molar refractivity (Wildman–Crippen MR) is 73.0 cm³/mol. The van der Waals surface area contributed by atoms with Crippen LogP contribution in [-0.4, -0.2) is 35.0 Å². The van der Waals surface area contributed by atoms with Gasteiger partial charge in [-0.3, -0.25) is 4.79 Å². The molecule has 6 nitrogen and oxygen atoms in total. The smallest absolute Gasteiger partial charge is 0.242 e. The summed E-state index contributed by atoms with van der Waals surface area (Å²) in [6.45, 7) is 5.21. The molecule has 1 saturated heterocycles. The van der Waals surface area contributed by atoms with E-state index in [4.69, 9.17) is 5.73 Å². The Hall–Kier alpha value is -1.85. The summed E-state index contributed by atoms with van der Waals surface area (Å²) in [5.41, 5.74) is 6.86. The van der Waals surface area contributed by atoms with Crippen molar-refractivity contribution in [2.75, 3.05) is 23.7 Å². The molecule has 1 aliphatic carbocycles. The van der Waals surface area contributed by atoms with Crippen LogP contribution < -0.4 is 16.0 Å². The third-order valence-corrected chi connectivity index (χ3v) is 3.89. The zero-order chi connectivity index (χ0) is 13.6. The fraction of sp³-hybridized carbons (Fsp3) is 0.615. The first-order chi connectivity index (χ1) is 9.08. The van der Waals surface area contributed by atoms with Gasteiger partial charge in [0.25, 0.3) is 0 Å². The number of hydrogen-bond acceptors (Lipinski definition) is 5. The van der Waals surface area contributed by atoms with Crippen LogP contribution in [0.4, 0.5) is 11.6 Å². The second-order valence-electron chi connectivity index (χ2n) is 5.35. The van der Waals surface area contributed by atoms with Crippen molar-refractivity contribution in [2.45, 2.75) is 38.6 Å². The Labute approximate surface area is 112 Å². The van der Waals surface area contributed by atoms with Crippen molar-refractivity contribution in [3.8, 4) is 0 Å². The highest BCUT2D eigenvalue weighted by atomic mass is 16.2. The van der Waals surface area contributed by atoms with Gasteiger partial charge in [0.1, 0.15) is 23.5 Å². The molecule has 1 aromatic heterocycles. The van der Waals surface area contributed by atoms with Crippen molar-refractivity contribution >= 4 is 17.5 Å². The van der Waals surface area contributed by atoms with Gasteiger partial charge in [-0.05, 0) is 26.7 Å². The second kappa shape index (κ2) is 4.36. The topological polar surface area (TPSA) is 84.1 Å². The number of piperazine rings is 1. The minimum absolute atomic E-state index is 0.0378. The lowest BCUT2D eigenvalue weighted by atomic mass is 10.1. The van der Waals surface area contributed by atoms with Crippen molar-refractivity contribution in [1.29, 1.82) is 0 Å². The Balaban J connectivity index is 2.00. The molecule has 102 valence electrons. The van der Waals surface area contributed by atoms with Crippen LogP contribution in [0.1, 0.15) is 37.1 Å². The van der Waals surface area contributed by atoms with Gasteiger partial charge in [-0.15, -0.1) is 0 Å². The van der Waals surface area contributed by atoms with E-state index in [9.17, 15) is 4.79 Å². The van der Waals surface area contributed by atoms with E-state index in [0.29, 0.717) is 18.3 Å². The Kier molecular flexibility index (Phi) is 2.80. The molecule has 1 aliphatic heterocycles. The molecule has 19 heavy (non-hydrogen) atoms. The largest absolute Gasteiger partial charge is 0.383 e. The quantitative estimate of drug-likeness (QED) is 0.813. The van der Waals surface area contributed by atoms with Crippen LogP contribution >= 0.6 is 0 Å². The fourth-order valence-corrected chi connectivity index (χ4v) is 2.41. The molecule has 1 unspecified atom stereocenters. The van der Waals surface area contributed by atoms with Crippen LogP contribution in [-0.2, 0) is 4.79 Å². The van der Waals surface area contributed by atoms with Crippen molar-refractivity contribution in [1.82, 2.24) is 15.3 Å². The molecule has 0 radical (unpaired) electrons. The van der Waals surface area contributed by atoms with Gasteiger partial charge in [0.2, 0.25) is 5.91 Å². The SMILES string of the molecule is Cc1c(N)nc(C2CC2)nc1N1CCNC(=O)C1C. The van der Waals surface area contributed by atoms with Gasteiger partial charge in [0.05, 0.1) is 0 Å². The van der Waals surface area contributed by atoms with Gasteiger partial charge in [-0.2, -0.15) is 0 Å². The third-order valence-electron chi connectivity index (χ3n) is 3.89. The molecule has 6 heteroatoms. The first-order valence-corrected chi connectivity index (χ1v) is 6.76. The van der Waals surface area contributed by atoms with Crippen LogP contribution in [0.5, 0.6) is 0 Å². The van der Waals surface area contributed by atoms with Crippen LogP contribution in [0, 0.1) is 6.92 Å². The molecule has 3 N–H and O–H groups in total. The third kappa shape index (κ3) is 2.11. The Bertz CT molecular complexity index is 526. The summed E-state index contributed by atoms with van der Waals surface area (Å²) in [6, 6.07) is -0.214. The average Bonchev–Trinajstić information content (AvgIpc) is 3.20. The Morgan fingerprint density at radius 1 is 1.37 bits per heavy atom. The highest BCUT2D eigenvalue weighted by Gasteiger charge is 2.32. The monoisotopic (exact) mass is 261 g/mol. The number of nitrogens with two attached hydrogens (primary N) is 1. The van der Waals surface area contributed by atoms with E-state index >= 15 is 0 Å². The summed E-state index contributed by atoms with van der Waals surface area (Å²) >= 11 is 0. The summed E-state index contributed by atoms with van der Waals surface area (Å²) < 4.78 is 0. The van der Waals surface area contributed by atoms with Crippen molar-refractivity contribution in [2.24, 2.45) is 0 Å². The normalized spacial score (nSPS) is 23.4. The zero-order valence-corrected chi connectivity index (χ0v) is 11.3. The predicted octanol–water partition coefficient (Wildman–Crippen LogP) is 0.569. The van der Waals surface area contributed by atoms with E-state index in [1.165, 1.54) is 0 Å². The number of hydrogen-bond donors (Lipinski definition) is 2. The number of amides is 1. The molecule has 1 amide bonds. The number of rotatable bonds is 2. The van der Waals surface area contributed by atoms with Crippen molar-refractivity contribution < 1.29 is 4.79 Å². The standard InChI is InChI=1S/C13H19N5O/c1-7-10(14)16-11(9-3-4-9)17-12(7)18-6-5-15-13(19)8(18)2/h8-9H,3-6H2,1-2H3,(H,15,19)(H2,14,16,17). The lowest BCUT2D eigenvalue weighted by Gasteiger charge is -2.34. The molecule has 0 aromatic carbocycles. The number of aromatic nitrogens is 2. The molecular weight excluding hydrogens is 242 g/mol. The summed E-state index contributed by atoms with van der Waals surface area (Å²) in [5, 5.41) is 2.86. The second-order valence-corrected chi connectivity index (χ2v) is 5.35. The maximum Gasteiger partial charge on any atom is 0.242 e. The Morgan fingerprint density at radius 2 is 2.11 bits per heavy atom. The van der Waals surface area contributed by atoms with Gasteiger partial charge in [0, 0.05) is 24.6 Å². The van der Waals surface area contributed by atoms with Crippen LogP contribution in [0.25, 0.3) is 0 Å². The number of nitrogens with one attached hydrogen (secondary N) is 1. The van der Waals surface area contributed by atoms with E-state index in [0.717, 1.165) is 36.6 Å². The highest BCUT2D eigenvalue weighted by molar-refractivity contribution is 5.86. The van der Waals surface area contributed by atoms with Crippen LogP contribution in [0.3, 0.4) is 0 Å². The van der Waals surface area contributed by atoms with E-state index in [1.807, 2.05) is 18.7 Å². The van der Waals surface area contributed by atoms with E-state index in [2.05, 4.69) is 15.3 Å². The number of nitrogens with zero attached hydrogens (tertiary/aromatic N) is 3. The molecule has 0 spiro atoms. The molecular formula is C13H19N5O. The molecule has 1 aromatic rings. The molecule has 2 fully saturated rings. The van der Waals surface area contributed by atoms with Gasteiger partial charge >= 0.3 is 0 Å². The van der Waals surface area contributed by atoms with Crippen LogP contribution in [0.2, 0.25) is 0 Å². The number of nitrogen functional groups attached to an aromatic ring is 1. The van der Waals surface area contributed by atoms with E-state index in [1.54, 1.807) is 0 Å². The molecule has 1 atom stereocenters. The lowest BCUT2D eigenvalue weighted by Crippen LogP contribution is -2.54. The highest BCUT2D eigenvalue weighted by Crippen LogP contribution is 2.39. The lowest BCUT2D eigenvalue weighted by molar-refractivity contribution is -0.122. The minimum atomic E-state index is -0.214. The maximum atomic E-state index is 11.8. The minimum Gasteiger partial charge on any atom is -0.383 e. The summed E-state index contributed by atoms with van der Waals surface area (Å²) in [6.07, 6.45) is 2.27. The van der Waals surface area contributed by atoms with Gasteiger partial charge in [0.15, 0.2) is 0 Å². The van der Waals surface area contributed by atoms with Crippen molar-refractivity contribution in [3.63, 3.8) is 0 Å². The van der Waals surface area contributed by atoms with Crippen molar-refractivity contribution in [3.05, 3.63) is 11.4 Å². The average molecular weight is 261 g/mol. The number of anilines is 2. The fourth-order valence-electron chi connectivity index (χ4n) is 2.41. The molecule has 3 rings (SSSR count). The van der Waals surface area contributed by atoms with Gasteiger partial charge < -0.3 is 16.0 Å². The van der Waals surface area contributed by atoms with E-state index in [-0.39, 0.29) is 11.9 Å². The molecule has 2 aliphatic rings. The number of carbonyl (C=O) groups excluding carboxylic acids is 1. The maximum absolute atomic E-state index is 11.8. The van der Waals surface area contributed by atoms with Crippen LogP contribution in [0.15, 0.2) is 0 Å². The summed E-state index contributed by atoms with van der Waals surface area (Å²) in [7, 11) is 0. The molecule has 0 bridgehead atoms. The Morgan fingerprint density at radius 3 is 2.79 bits per heavy atom. The molecule has 2 heterocycles. The van der Waals surface area contributed by atoms with Gasteiger partial charge in [-0.1, -0.05) is 0 Å².